The highest BCUT2D eigenvalue weighted by Crippen LogP contribution is 2.16. The van der Waals surface area contributed by atoms with Gasteiger partial charge in [-0.15, -0.1) is 12.4 Å². The monoisotopic (exact) mass is 330 g/mol. The second-order valence-corrected chi connectivity index (χ2v) is 6.52. The van der Waals surface area contributed by atoms with Gasteiger partial charge in [0.2, 0.25) is 10.0 Å². The second-order valence-electron chi connectivity index (χ2n) is 4.59. The lowest BCUT2D eigenvalue weighted by Crippen LogP contribution is -2.41. The summed E-state index contributed by atoms with van der Waals surface area (Å²) in [6, 6.07) is -0.474. The Bertz CT molecular complexity index is 390. The molecule has 0 aliphatic carbocycles. The summed E-state index contributed by atoms with van der Waals surface area (Å²) in [5.74, 6) is -0.802. The highest BCUT2D eigenvalue weighted by molar-refractivity contribution is 7.89. The van der Waals surface area contributed by atoms with Crippen LogP contribution in [-0.4, -0.2) is 69.5 Å². The molecule has 1 rings (SSSR count). The van der Waals surface area contributed by atoms with Crippen molar-refractivity contribution in [1.82, 2.24) is 9.62 Å². The van der Waals surface area contributed by atoms with E-state index in [2.05, 4.69) is 4.72 Å². The standard InChI is InChI=1S/C11H22N2O5S.ClH/c1-18-8-3-9-19(16,17)12-5-7-13-6-2-4-10(13)11(14)15;/h10,12H,2-9H2,1H3,(H,14,15);1H/t10-;/m0./s1. The maximum atomic E-state index is 11.6. The van der Waals surface area contributed by atoms with Gasteiger partial charge >= 0.3 is 5.97 Å². The number of carboxylic acids is 1. The molecule has 0 aromatic carbocycles. The van der Waals surface area contributed by atoms with Crippen molar-refractivity contribution in [2.75, 3.05) is 39.1 Å². The maximum Gasteiger partial charge on any atom is 0.320 e. The SMILES string of the molecule is COCCCS(=O)(=O)NCCN1CCC[C@H]1C(=O)O.Cl. The number of likely N-dealkylation sites (tertiary alicyclic amines) is 1. The van der Waals surface area contributed by atoms with Gasteiger partial charge in [-0.05, 0) is 25.8 Å². The number of rotatable bonds is 9. The summed E-state index contributed by atoms with van der Waals surface area (Å²) >= 11 is 0. The second kappa shape index (κ2) is 9.51. The van der Waals surface area contributed by atoms with Gasteiger partial charge in [-0.1, -0.05) is 0 Å². The molecule has 0 aromatic heterocycles. The van der Waals surface area contributed by atoms with Crippen LogP contribution in [0.5, 0.6) is 0 Å². The van der Waals surface area contributed by atoms with Gasteiger partial charge in [0.15, 0.2) is 0 Å². The van der Waals surface area contributed by atoms with E-state index in [1.807, 2.05) is 0 Å². The molecule has 1 saturated heterocycles. The van der Waals surface area contributed by atoms with E-state index in [0.29, 0.717) is 32.5 Å². The van der Waals surface area contributed by atoms with Gasteiger partial charge in [-0.25, -0.2) is 13.1 Å². The molecule has 9 heteroatoms. The Balaban J connectivity index is 0.00000361. The molecule has 1 aliphatic rings. The van der Waals surface area contributed by atoms with Crippen LogP contribution >= 0.6 is 12.4 Å². The molecule has 0 spiro atoms. The lowest BCUT2D eigenvalue weighted by Gasteiger charge is -2.20. The number of aliphatic carboxylic acids is 1. The van der Waals surface area contributed by atoms with Gasteiger partial charge < -0.3 is 9.84 Å². The third-order valence-corrected chi connectivity index (χ3v) is 4.60. The Morgan fingerprint density at radius 3 is 2.80 bits per heavy atom. The number of methoxy groups -OCH3 is 1. The molecule has 1 fully saturated rings. The first kappa shape index (κ1) is 19.6. The van der Waals surface area contributed by atoms with Crippen molar-refractivity contribution in [3.63, 3.8) is 0 Å². The number of sulfonamides is 1. The lowest BCUT2D eigenvalue weighted by molar-refractivity contribution is -0.142. The zero-order valence-electron chi connectivity index (χ0n) is 11.6. The van der Waals surface area contributed by atoms with Crippen LogP contribution in [0.2, 0.25) is 0 Å². The highest BCUT2D eigenvalue weighted by Gasteiger charge is 2.29. The summed E-state index contributed by atoms with van der Waals surface area (Å²) in [4.78, 5) is 12.8. The van der Waals surface area contributed by atoms with E-state index in [1.54, 1.807) is 4.90 Å². The summed E-state index contributed by atoms with van der Waals surface area (Å²) in [5, 5.41) is 8.99. The van der Waals surface area contributed by atoms with Crippen LogP contribution in [-0.2, 0) is 19.6 Å². The van der Waals surface area contributed by atoms with Crippen LogP contribution < -0.4 is 4.72 Å². The molecule has 0 saturated carbocycles. The van der Waals surface area contributed by atoms with Crippen LogP contribution in [0.4, 0.5) is 0 Å². The van der Waals surface area contributed by atoms with Crippen molar-refractivity contribution in [3.8, 4) is 0 Å². The molecule has 0 radical (unpaired) electrons. The van der Waals surface area contributed by atoms with E-state index in [9.17, 15) is 13.2 Å². The number of carbonyl (C=O) groups is 1. The zero-order valence-corrected chi connectivity index (χ0v) is 13.2. The van der Waals surface area contributed by atoms with E-state index >= 15 is 0 Å². The van der Waals surface area contributed by atoms with Crippen LogP contribution in [0.15, 0.2) is 0 Å². The van der Waals surface area contributed by atoms with E-state index in [-0.39, 0.29) is 24.7 Å². The number of hydrogen-bond donors (Lipinski definition) is 2. The fraction of sp³-hybridized carbons (Fsp3) is 0.909. The summed E-state index contributed by atoms with van der Waals surface area (Å²) in [5.41, 5.74) is 0. The van der Waals surface area contributed by atoms with Crippen LogP contribution in [0.25, 0.3) is 0 Å². The molecule has 120 valence electrons. The first-order chi connectivity index (χ1) is 8.96. The first-order valence-corrected chi connectivity index (χ1v) is 8.04. The minimum Gasteiger partial charge on any atom is -0.480 e. The van der Waals surface area contributed by atoms with E-state index < -0.39 is 22.0 Å². The van der Waals surface area contributed by atoms with Gasteiger partial charge in [-0.3, -0.25) is 9.69 Å². The molecule has 1 atom stereocenters. The molecule has 2 N–H and O–H groups in total. The summed E-state index contributed by atoms with van der Waals surface area (Å²) < 4.78 is 30.5. The van der Waals surface area contributed by atoms with E-state index in [4.69, 9.17) is 9.84 Å². The quantitative estimate of drug-likeness (QED) is 0.574. The molecule has 0 aromatic rings. The van der Waals surface area contributed by atoms with Crippen LogP contribution in [0.3, 0.4) is 0 Å². The Morgan fingerprint density at radius 1 is 1.50 bits per heavy atom. The van der Waals surface area contributed by atoms with Crippen molar-refractivity contribution in [3.05, 3.63) is 0 Å². The maximum absolute atomic E-state index is 11.6. The molecule has 0 unspecified atom stereocenters. The predicted molar refractivity (Wildman–Crippen MR) is 77.8 cm³/mol. The van der Waals surface area contributed by atoms with Crippen molar-refractivity contribution >= 4 is 28.4 Å². The van der Waals surface area contributed by atoms with Crippen LogP contribution in [0.1, 0.15) is 19.3 Å². The minimum atomic E-state index is -3.29. The molecule has 20 heavy (non-hydrogen) atoms. The minimum absolute atomic E-state index is 0. The zero-order chi connectivity index (χ0) is 14.3. The molecular weight excluding hydrogens is 308 g/mol. The highest BCUT2D eigenvalue weighted by atomic mass is 35.5. The normalized spacial score (nSPS) is 19.8. The molecule has 0 bridgehead atoms. The van der Waals surface area contributed by atoms with Gasteiger partial charge in [0.05, 0.1) is 5.75 Å². The van der Waals surface area contributed by atoms with Gasteiger partial charge in [0.1, 0.15) is 6.04 Å². The first-order valence-electron chi connectivity index (χ1n) is 6.39. The summed E-state index contributed by atoms with van der Waals surface area (Å²) in [6.07, 6.45) is 1.93. The average molecular weight is 331 g/mol. The number of carboxylic acid groups (broad SMARTS) is 1. The summed E-state index contributed by atoms with van der Waals surface area (Å²) in [7, 11) is -1.76. The number of halogens is 1. The molecule has 1 heterocycles. The van der Waals surface area contributed by atoms with Crippen molar-refractivity contribution in [2.24, 2.45) is 0 Å². The van der Waals surface area contributed by atoms with Crippen molar-refractivity contribution in [1.29, 1.82) is 0 Å². The Hall–Kier alpha value is -0.410. The fourth-order valence-corrected chi connectivity index (χ4v) is 3.23. The Morgan fingerprint density at radius 2 is 2.20 bits per heavy atom. The topological polar surface area (TPSA) is 95.9 Å². The fourth-order valence-electron chi connectivity index (χ4n) is 2.18. The van der Waals surface area contributed by atoms with Crippen LogP contribution in [0, 0.1) is 0 Å². The third kappa shape index (κ3) is 6.85. The largest absolute Gasteiger partial charge is 0.480 e. The number of hydrogen-bond acceptors (Lipinski definition) is 5. The van der Waals surface area contributed by atoms with E-state index in [0.717, 1.165) is 6.42 Å². The smallest absolute Gasteiger partial charge is 0.320 e. The van der Waals surface area contributed by atoms with Crippen molar-refractivity contribution < 1.29 is 23.1 Å². The molecule has 0 amide bonds. The van der Waals surface area contributed by atoms with Gasteiger partial charge in [0, 0.05) is 26.8 Å². The number of ether oxygens (including phenoxy) is 1. The van der Waals surface area contributed by atoms with Gasteiger partial charge in [0.25, 0.3) is 0 Å². The number of nitrogens with one attached hydrogen (secondary N) is 1. The van der Waals surface area contributed by atoms with Crippen molar-refractivity contribution in [2.45, 2.75) is 25.3 Å². The Kier molecular flexibility index (Phi) is 9.32. The van der Waals surface area contributed by atoms with E-state index in [1.165, 1.54) is 7.11 Å². The Labute approximate surface area is 126 Å². The lowest BCUT2D eigenvalue weighted by atomic mass is 10.2. The third-order valence-electron chi connectivity index (χ3n) is 3.13. The van der Waals surface area contributed by atoms with Gasteiger partial charge in [-0.2, -0.15) is 0 Å². The summed E-state index contributed by atoms with van der Waals surface area (Å²) in [6.45, 7) is 1.80. The molecule has 1 aliphatic heterocycles. The molecular formula is C11H23ClN2O5S. The predicted octanol–water partition coefficient (Wildman–Crippen LogP) is -0.0869. The molecule has 7 nitrogen and oxygen atoms in total. The average Bonchev–Trinajstić information content (AvgIpc) is 2.77. The number of nitrogens with zero attached hydrogens (tertiary/aromatic N) is 1.